The molecular formula is C11H17BrN2OS. The van der Waals surface area contributed by atoms with Gasteiger partial charge in [0.05, 0.1) is 6.21 Å². The van der Waals surface area contributed by atoms with Crippen LogP contribution in [0.2, 0.25) is 0 Å². The van der Waals surface area contributed by atoms with Crippen molar-refractivity contribution in [1.82, 2.24) is 0 Å². The largest absolute Gasteiger partial charge is 0.591 e. The van der Waals surface area contributed by atoms with Crippen LogP contribution in [-0.2, 0) is 11.4 Å². The monoisotopic (exact) mass is 304 g/mol. The lowest BCUT2D eigenvalue weighted by atomic mass is 10.3. The van der Waals surface area contributed by atoms with Crippen LogP contribution in [0.4, 0.5) is 0 Å². The van der Waals surface area contributed by atoms with Gasteiger partial charge in [0.25, 0.3) is 0 Å². The van der Waals surface area contributed by atoms with Gasteiger partial charge in [0.15, 0.2) is 0 Å². The molecule has 90 valence electrons. The van der Waals surface area contributed by atoms with Crippen LogP contribution < -0.4 is 0 Å². The maximum Gasteiger partial charge on any atom is 0.144 e. The average Bonchev–Trinajstić information content (AvgIpc) is 2.21. The van der Waals surface area contributed by atoms with Gasteiger partial charge >= 0.3 is 0 Å². The minimum atomic E-state index is -1.24. The van der Waals surface area contributed by atoms with Crippen LogP contribution in [0, 0.1) is 0 Å². The van der Waals surface area contributed by atoms with Crippen LogP contribution >= 0.6 is 15.9 Å². The lowest BCUT2D eigenvalue weighted by Gasteiger charge is -2.17. The summed E-state index contributed by atoms with van der Waals surface area (Å²) in [5, 5.41) is 0. The van der Waals surface area contributed by atoms with Gasteiger partial charge in [0.2, 0.25) is 0 Å². The van der Waals surface area contributed by atoms with Crippen molar-refractivity contribution in [3.05, 3.63) is 22.3 Å². The number of hydrogen-bond donors (Lipinski definition) is 0. The Morgan fingerprint density at radius 3 is 2.38 bits per heavy atom. The molecule has 0 amide bonds. The summed E-state index contributed by atoms with van der Waals surface area (Å²) >= 11 is 1.98. The van der Waals surface area contributed by atoms with Crippen molar-refractivity contribution in [2.45, 2.75) is 32.4 Å². The molecule has 0 aromatic carbocycles. The van der Waals surface area contributed by atoms with Gasteiger partial charge in [-0.05, 0) is 62.0 Å². The van der Waals surface area contributed by atoms with Gasteiger partial charge in [0.1, 0.15) is 20.7 Å². The maximum atomic E-state index is 11.7. The molecule has 5 heteroatoms. The van der Waals surface area contributed by atoms with E-state index in [4.69, 9.17) is 0 Å². The highest BCUT2D eigenvalue weighted by molar-refractivity contribution is 9.11. The Balaban J connectivity index is 4.70. The fourth-order valence-electron chi connectivity index (χ4n) is 0.645. The molecule has 0 rings (SSSR count). The van der Waals surface area contributed by atoms with E-state index in [1.165, 1.54) is 0 Å². The number of nitrogens with zero attached hydrogens (tertiary/aromatic N) is 2. The van der Waals surface area contributed by atoms with E-state index in [0.717, 1.165) is 5.57 Å². The van der Waals surface area contributed by atoms with Gasteiger partial charge in [-0.25, -0.2) is 0 Å². The highest BCUT2D eigenvalue weighted by atomic mass is 79.9. The number of halogens is 1. The molecule has 0 aromatic rings. The summed E-state index contributed by atoms with van der Waals surface area (Å²) in [6, 6.07) is 0. The van der Waals surface area contributed by atoms with Crippen molar-refractivity contribution in [2.24, 2.45) is 9.39 Å². The number of rotatable bonds is 4. The summed E-state index contributed by atoms with van der Waals surface area (Å²) < 4.78 is 15.9. The first-order valence-electron chi connectivity index (χ1n) is 4.77. The smallest absolute Gasteiger partial charge is 0.144 e. The zero-order chi connectivity index (χ0) is 12.8. The molecule has 3 nitrogen and oxygen atoms in total. The second-order valence-electron chi connectivity index (χ2n) is 4.01. The number of aliphatic imine (C=N–C) groups is 1. The highest BCUT2D eigenvalue weighted by Gasteiger charge is 2.25. The quantitative estimate of drug-likeness (QED) is 0.340. The summed E-state index contributed by atoms with van der Waals surface area (Å²) in [5.41, 5.74) is 0.830. The molecule has 0 spiro atoms. The van der Waals surface area contributed by atoms with E-state index < -0.39 is 11.4 Å². The second-order valence-corrected chi connectivity index (χ2v) is 6.76. The average molecular weight is 305 g/mol. The lowest BCUT2D eigenvalue weighted by Crippen LogP contribution is -2.25. The van der Waals surface area contributed by atoms with Gasteiger partial charge in [-0.3, -0.25) is 4.99 Å². The minimum absolute atomic E-state index is 0.340. The summed E-state index contributed by atoms with van der Waals surface area (Å²) in [4.78, 5) is 3.70. The van der Waals surface area contributed by atoms with Gasteiger partial charge in [0, 0.05) is 0 Å². The first-order chi connectivity index (χ1) is 7.31. The molecule has 0 fully saturated rings. The van der Waals surface area contributed by atoms with Gasteiger partial charge in [-0.1, -0.05) is 10.5 Å². The Morgan fingerprint density at radius 1 is 1.44 bits per heavy atom. The molecular weight excluding hydrogens is 288 g/mol. The minimum Gasteiger partial charge on any atom is -0.591 e. The Kier molecular flexibility index (Phi) is 6.87. The molecule has 0 aliphatic heterocycles. The van der Waals surface area contributed by atoms with Crippen LogP contribution in [-0.4, -0.2) is 22.2 Å². The van der Waals surface area contributed by atoms with E-state index in [-0.39, 0.29) is 4.75 Å². The molecule has 0 aliphatic rings. The SMILES string of the molecule is C=N\C(Br)=C/C(/C=N/[S@+]([O-])C(C)(C)C)=C\C. The Bertz CT molecular complexity index is 329. The molecule has 0 bridgehead atoms. The van der Waals surface area contributed by atoms with E-state index in [1.807, 2.05) is 33.8 Å². The molecule has 1 atom stereocenters. The molecule has 16 heavy (non-hydrogen) atoms. The standard InChI is InChI=1S/C11H17BrN2OS/c1-6-9(7-10(12)13-5)8-14-16(15)11(2,3)4/h6-8H,5H2,1-4H3/b9-6+,10-7-,14-8+/t16-/m1/s1. The van der Waals surface area contributed by atoms with Crippen LogP contribution in [0.5, 0.6) is 0 Å². The van der Waals surface area contributed by atoms with Crippen LogP contribution in [0.25, 0.3) is 0 Å². The second kappa shape index (κ2) is 7.04. The maximum absolute atomic E-state index is 11.7. The topological polar surface area (TPSA) is 47.8 Å². The van der Waals surface area contributed by atoms with Crippen molar-refractivity contribution >= 4 is 40.2 Å². The summed E-state index contributed by atoms with van der Waals surface area (Å²) in [5.74, 6) is 0. The number of hydrogen-bond acceptors (Lipinski definition) is 3. The summed E-state index contributed by atoms with van der Waals surface area (Å²) in [7, 11) is 0. The van der Waals surface area contributed by atoms with E-state index >= 15 is 0 Å². The Hall–Kier alpha value is -0.390. The molecule has 0 radical (unpaired) electrons. The zero-order valence-electron chi connectivity index (χ0n) is 10.0. The van der Waals surface area contributed by atoms with Crippen molar-refractivity contribution in [3.8, 4) is 0 Å². The summed E-state index contributed by atoms with van der Waals surface area (Å²) in [6.07, 6.45) is 5.19. The highest BCUT2D eigenvalue weighted by Crippen LogP contribution is 2.17. The van der Waals surface area contributed by atoms with Crippen LogP contribution in [0.3, 0.4) is 0 Å². The lowest BCUT2D eigenvalue weighted by molar-refractivity contribution is 0.562. The summed E-state index contributed by atoms with van der Waals surface area (Å²) in [6.45, 7) is 10.9. The van der Waals surface area contributed by atoms with E-state index in [1.54, 1.807) is 12.3 Å². The number of allylic oxidation sites excluding steroid dienone is 3. The van der Waals surface area contributed by atoms with Crippen molar-refractivity contribution < 1.29 is 4.55 Å². The van der Waals surface area contributed by atoms with Crippen molar-refractivity contribution in [2.75, 3.05) is 0 Å². The van der Waals surface area contributed by atoms with Crippen molar-refractivity contribution in [1.29, 1.82) is 0 Å². The third kappa shape index (κ3) is 6.25. The van der Waals surface area contributed by atoms with Crippen molar-refractivity contribution in [3.63, 3.8) is 0 Å². The Morgan fingerprint density at radius 2 is 2.00 bits per heavy atom. The normalized spacial score (nSPS) is 16.6. The zero-order valence-corrected chi connectivity index (χ0v) is 12.4. The predicted molar refractivity (Wildman–Crippen MR) is 76.7 cm³/mol. The predicted octanol–water partition coefficient (Wildman–Crippen LogP) is 3.40. The molecule has 0 unspecified atom stereocenters. The van der Waals surface area contributed by atoms with Gasteiger partial charge in [-0.15, -0.1) is 0 Å². The fraction of sp³-hybridized carbons (Fsp3) is 0.455. The molecule has 0 aromatic heterocycles. The van der Waals surface area contributed by atoms with Gasteiger partial charge in [-0.2, -0.15) is 0 Å². The first-order valence-corrected chi connectivity index (χ1v) is 6.67. The molecule has 0 heterocycles. The van der Waals surface area contributed by atoms with Crippen LogP contribution in [0.15, 0.2) is 31.7 Å². The third-order valence-electron chi connectivity index (χ3n) is 1.59. The third-order valence-corrected chi connectivity index (χ3v) is 3.42. The van der Waals surface area contributed by atoms with E-state index in [2.05, 4.69) is 32.0 Å². The van der Waals surface area contributed by atoms with Crippen LogP contribution in [0.1, 0.15) is 27.7 Å². The molecule has 0 aliphatic carbocycles. The first kappa shape index (κ1) is 15.6. The molecule has 0 saturated heterocycles. The van der Waals surface area contributed by atoms with E-state index in [9.17, 15) is 4.55 Å². The molecule has 0 N–H and O–H groups in total. The van der Waals surface area contributed by atoms with Gasteiger partial charge < -0.3 is 4.55 Å². The fourth-order valence-corrected chi connectivity index (χ4v) is 1.44. The van der Waals surface area contributed by atoms with E-state index in [0.29, 0.717) is 4.61 Å². The Labute approximate surface area is 109 Å². The molecule has 0 saturated carbocycles.